The van der Waals surface area contributed by atoms with Crippen LogP contribution in [0, 0.1) is 23.7 Å². The molecule has 0 aliphatic carbocycles. The number of aryl methyl sites for hydroxylation is 1. The quantitative estimate of drug-likeness (QED) is 0.628. The lowest BCUT2D eigenvalue weighted by Crippen LogP contribution is -2.06. The van der Waals surface area contributed by atoms with Gasteiger partial charge in [-0.15, -0.1) is 0 Å². The molecule has 0 radical (unpaired) electrons. The van der Waals surface area contributed by atoms with Gasteiger partial charge in [0, 0.05) is 11.4 Å². The molecule has 0 amide bonds. The number of nitrogen functional groups attached to an aromatic ring is 1. The van der Waals surface area contributed by atoms with E-state index in [1.807, 2.05) is 6.07 Å². The van der Waals surface area contributed by atoms with Crippen LogP contribution in [0.3, 0.4) is 0 Å². The van der Waals surface area contributed by atoms with Crippen LogP contribution in [0.15, 0.2) is 6.07 Å². The highest BCUT2D eigenvalue weighted by atomic mass is 14.8. The highest BCUT2D eigenvalue weighted by molar-refractivity contribution is 6.02. The molecule has 0 aromatic carbocycles. The Bertz CT molecular complexity index is 401. The predicted octanol–water partition coefficient (Wildman–Crippen LogP) is 1.23. The SMILES string of the molecule is CC(=N)c1c(C#N)cc(C)nc1N. The van der Waals surface area contributed by atoms with Crippen LogP contribution in [0.1, 0.15) is 23.7 Å². The average Bonchev–Trinajstić information content (AvgIpc) is 2.01. The smallest absolute Gasteiger partial charge is 0.134 e. The van der Waals surface area contributed by atoms with Crippen molar-refractivity contribution in [1.82, 2.24) is 4.98 Å². The topological polar surface area (TPSA) is 86.5 Å². The lowest BCUT2D eigenvalue weighted by Gasteiger charge is -2.05. The minimum Gasteiger partial charge on any atom is -0.383 e. The molecule has 0 atom stereocenters. The van der Waals surface area contributed by atoms with Gasteiger partial charge in [-0.05, 0) is 19.9 Å². The molecule has 13 heavy (non-hydrogen) atoms. The maximum atomic E-state index is 8.79. The summed E-state index contributed by atoms with van der Waals surface area (Å²) in [6.07, 6.45) is 0. The third kappa shape index (κ3) is 1.64. The van der Waals surface area contributed by atoms with Crippen molar-refractivity contribution in [2.24, 2.45) is 0 Å². The third-order valence-corrected chi connectivity index (χ3v) is 1.67. The Morgan fingerprint density at radius 2 is 2.31 bits per heavy atom. The highest BCUT2D eigenvalue weighted by Gasteiger charge is 2.10. The van der Waals surface area contributed by atoms with E-state index < -0.39 is 0 Å². The first kappa shape index (κ1) is 9.20. The van der Waals surface area contributed by atoms with Crippen molar-refractivity contribution in [3.05, 3.63) is 22.9 Å². The highest BCUT2D eigenvalue weighted by Crippen LogP contribution is 2.15. The van der Waals surface area contributed by atoms with Crippen LogP contribution in [-0.2, 0) is 0 Å². The molecule has 66 valence electrons. The second-order valence-electron chi connectivity index (χ2n) is 2.81. The normalized spacial score (nSPS) is 9.31. The van der Waals surface area contributed by atoms with Gasteiger partial charge in [0.2, 0.25) is 0 Å². The number of rotatable bonds is 1. The summed E-state index contributed by atoms with van der Waals surface area (Å²) in [6.45, 7) is 3.35. The Morgan fingerprint density at radius 1 is 1.69 bits per heavy atom. The molecule has 0 saturated heterocycles. The van der Waals surface area contributed by atoms with E-state index in [9.17, 15) is 0 Å². The Morgan fingerprint density at radius 3 is 2.77 bits per heavy atom. The molecule has 1 aromatic rings. The second-order valence-corrected chi connectivity index (χ2v) is 2.81. The van der Waals surface area contributed by atoms with Crippen molar-refractivity contribution >= 4 is 11.5 Å². The van der Waals surface area contributed by atoms with Crippen molar-refractivity contribution in [2.45, 2.75) is 13.8 Å². The number of pyridine rings is 1. The molecule has 0 spiro atoms. The zero-order valence-corrected chi connectivity index (χ0v) is 7.55. The maximum Gasteiger partial charge on any atom is 0.134 e. The van der Waals surface area contributed by atoms with Gasteiger partial charge in [0.15, 0.2) is 0 Å². The average molecular weight is 174 g/mol. The van der Waals surface area contributed by atoms with Crippen molar-refractivity contribution in [3.63, 3.8) is 0 Å². The van der Waals surface area contributed by atoms with Crippen LogP contribution in [-0.4, -0.2) is 10.7 Å². The monoisotopic (exact) mass is 174 g/mol. The molecule has 1 heterocycles. The second kappa shape index (κ2) is 3.23. The minimum atomic E-state index is 0.254. The molecule has 4 nitrogen and oxygen atoms in total. The summed E-state index contributed by atoms with van der Waals surface area (Å²) in [4.78, 5) is 3.99. The predicted molar refractivity (Wildman–Crippen MR) is 50.6 cm³/mol. The molecule has 1 rings (SSSR count). The number of nitrogens with zero attached hydrogens (tertiary/aromatic N) is 2. The van der Waals surface area contributed by atoms with Gasteiger partial charge in [0.1, 0.15) is 11.9 Å². The Kier molecular flexibility index (Phi) is 2.29. The molecule has 0 saturated carbocycles. The molecule has 4 heteroatoms. The lowest BCUT2D eigenvalue weighted by molar-refractivity contribution is 1.19. The van der Waals surface area contributed by atoms with E-state index >= 15 is 0 Å². The Labute approximate surface area is 76.5 Å². The fraction of sp³-hybridized carbons (Fsp3) is 0.222. The minimum absolute atomic E-state index is 0.254. The van der Waals surface area contributed by atoms with Crippen LogP contribution < -0.4 is 5.73 Å². The van der Waals surface area contributed by atoms with Gasteiger partial charge in [-0.3, -0.25) is 0 Å². The summed E-state index contributed by atoms with van der Waals surface area (Å²) < 4.78 is 0. The van der Waals surface area contributed by atoms with Crippen LogP contribution >= 0.6 is 0 Å². The molecular weight excluding hydrogens is 164 g/mol. The third-order valence-electron chi connectivity index (χ3n) is 1.67. The first-order valence-electron chi connectivity index (χ1n) is 3.79. The molecule has 0 bridgehead atoms. The van der Waals surface area contributed by atoms with E-state index in [1.165, 1.54) is 0 Å². The zero-order chi connectivity index (χ0) is 10.0. The van der Waals surface area contributed by atoms with Crippen LogP contribution in [0.25, 0.3) is 0 Å². The summed E-state index contributed by atoms with van der Waals surface area (Å²) >= 11 is 0. The number of aromatic nitrogens is 1. The number of hydrogen-bond acceptors (Lipinski definition) is 4. The first-order valence-corrected chi connectivity index (χ1v) is 3.79. The van der Waals surface area contributed by atoms with E-state index in [0.717, 1.165) is 0 Å². The lowest BCUT2D eigenvalue weighted by atomic mass is 10.1. The number of nitriles is 1. The fourth-order valence-electron chi connectivity index (χ4n) is 1.18. The van der Waals surface area contributed by atoms with Gasteiger partial charge >= 0.3 is 0 Å². The molecule has 0 fully saturated rings. The maximum absolute atomic E-state index is 8.79. The summed E-state index contributed by atoms with van der Waals surface area (Å²) in [5, 5.41) is 16.2. The van der Waals surface area contributed by atoms with Gasteiger partial charge in [0.25, 0.3) is 0 Å². The number of nitrogens with two attached hydrogens (primary N) is 1. The number of hydrogen-bond donors (Lipinski definition) is 2. The molecule has 0 aliphatic rings. The van der Waals surface area contributed by atoms with Crippen molar-refractivity contribution in [1.29, 1.82) is 10.7 Å². The Hall–Kier alpha value is -1.89. The fourth-order valence-corrected chi connectivity index (χ4v) is 1.18. The van der Waals surface area contributed by atoms with Crippen molar-refractivity contribution in [3.8, 4) is 6.07 Å². The number of nitrogens with one attached hydrogen (secondary N) is 1. The van der Waals surface area contributed by atoms with E-state index in [0.29, 0.717) is 16.8 Å². The molecular formula is C9H10N4. The summed E-state index contributed by atoms with van der Waals surface area (Å²) in [7, 11) is 0. The van der Waals surface area contributed by atoms with Crippen molar-refractivity contribution < 1.29 is 0 Å². The molecule has 3 N–H and O–H groups in total. The zero-order valence-electron chi connectivity index (χ0n) is 7.55. The summed E-state index contributed by atoms with van der Waals surface area (Å²) in [6, 6.07) is 3.63. The largest absolute Gasteiger partial charge is 0.383 e. The van der Waals surface area contributed by atoms with Gasteiger partial charge < -0.3 is 11.1 Å². The van der Waals surface area contributed by atoms with E-state index in [4.69, 9.17) is 16.4 Å². The summed E-state index contributed by atoms with van der Waals surface area (Å²) in [5.41, 5.74) is 7.41. The number of anilines is 1. The van der Waals surface area contributed by atoms with Crippen LogP contribution in [0.5, 0.6) is 0 Å². The van der Waals surface area contributed by atoms with Crippen LogP contribution in [0.4, 0.5) is 5.82 Å². The van der Waals surface area contributed by atoms with Gasteiger partial charge in [0.05, 0.1) is 11.1 Å². The first-order chi connectivity index (χ1) is 6.06. The standard InChI is InChI=1S/C9H10N4/c1-5-3-7(4-10)8(6(2)11)9(12)13-5/h3,11H,1-2H3,(H2,12,13). The van der Waals surface area contributed by atoms with Gasteiger partial charge in [-0.1, -0.05) is 0 Å². The summed E-state index contributed by atoms with van der Waals surface area (Å²) in [5.74, 6) is 0.254. The molecule has 1 aromatic heterocycles. The van der Waals surface area contributed by atoms with E-state index in [1.54, 1.807) is 19.9 Å². The van der Waals surface area contributed by atoms with Gasteiger partial charge in [-0.25, -0.2) is 4.98 Å². The van der Waals surface area contributed by atoms with Gasteiger partial charge in [-0.2, -0.15) is 5.26 Å². The molecule has 0 aliphatic heterocycles. The van der Waals surface area contributed by atoms with Crippen LogP contribution in [0.2, 0.25) is 0 Å². The van der Waals surface area contributed by atoms with E-state index in [2.05, 4.69) is 4.98 Å². The molecule has 0 unspecified atom stereocenters. The van der Waals surface area contributed by atoms with E-state index in [-0.39, 0.29) is 11.5 Å². The van der Waals surface area contributed by atoms with Crippen molar-refractivity contribution in [2.75, 3.05) is 5.73 Å². The Balaban J connectivity index is 3.50.